The van der Waals surface area contributed by atoms with Gasteiger partial charge in [0, 0.05) is 0 Å². The fourth-order valence-electron chi connectivity index (χ4n) is 2.86. The summed E-state index contributed by atoms with van der Waals surface area (Å²) in [6.07, 6.45) is -0.317. The Balaban J connectivity index is 2.15. The summed E-state index contributed by atoms with van der Waals surface area (Å²) in [7, 11) is -3.91. The van der Waals surface area contributed by atoms with Gasteiger partial charge in [-0.05, 0) is 36.3 Å². The van der Waals surface area contributed by atoms with E-state index in [1.807, 2.05) is 0 Å². The number of carbonyl (C=O) groups excluding carboxylic acids is 1. The summed E-state index contributed by atoms with van der Waals surface area (Å²) in [6.45, 7) is 23.0. The zero-order valence-corrected chi connectivity index (χ0v) is 20.3. The molecule has 2 rings (SSSR count). The predicted octanol–water partition coefficient (Wildman–Crippen LogP) is 4.48. The Hall–Kier alpha value is -0.216. The molecule has 0 amide bonds. The number of rotatable bonds is 5. The second kappa shape index (κ2) is 6.69. The number of esters is 1. The van der Waals surface area contributed by atoms with Gasteiger partial charge < -0.3 is 18.3 Å². The monoisotopic (exact) mass is 402 g/mol. The van der Waals surface area contributed by atoms with Crippen LogP contribution in [0.2, 0.25) is 36.3 Å². The molecule has 0 aliphatic carbocycles. The summed E-state index contributed by atoms with van der Waals surface area (Å²) in [4.78, 5) is 12.1. The SMILES string of the molecule is CC(C)(C)[Si](C)(C)OC[C@]12CC(=O)OC1[C@H](O[Si](C)(C)C(C)(C)C)CO2. The van der Waals surface area contributed by atoms with Crippen molar-refractivity contribution >= 4 is 22.6 Å². The molecule has 5 nitrogen and oxygen atoms in total. The van der Waals surface area contributed by atoms with Crippen molar-refractivity contribution in [2.24, 2.45) is 0 Å². The number of hydrogen-bond donors (Lipinski definition) is 0. The van der Waals surface area contributed by atoms with E-state index >= 15 is 0 Å². The normalized spacial score (nSPS) is 30.5. The van der Waals surface area contributed by atoms with Gasteiger partial charge in [-0.15, -0.1) is 0 Å². The lowest BCUT2D eigenvalue weighted by Crippen LogP contribution is -2.52. The molecule has 2 aliphatic rings. The van der Waals surface area contributed by atoms with Crippen molar-refractivity contribution in [2.75, 3.05) is 13.2 Å². The standard InChI is InChI=1S/C19H38O5Si2/c1-17(2,3)25(7,8)22-13-19-11-15(20)23-16(19)14(12-21-19)24-26(9,10)18(4,5)6/h14,16H,11-13H2,1-10H3/t14-,16?,19-/m1/s1. The van der Waals surface area contributed by atoms with Gasteiger partial charge in [0.05, 0.1) is 19.6 Å². The van der Waals surface area contributed by atoms with E-state index in [1.54, 1.807) is 0 Å². The lowest BCUT2D eigenvalue weighted by atomic mass is 9.96. The molecule has 0 radical (unpaired) electrons. The van der Waals surface area contributed by atoms with Gasteiger partial charge in [0.15, 0.2) is 22.7 Å². The Labute approximate surface area is 161 Å². The highest BCUT2D eigenvalue weighted by molar-refractivity contribution is 6.74. The molecular weight excluding hydrogens is 364 g/mol. The van der Waals surface area contributed by atoms with E-state index in [4.69, 9.17) is 18.3 Å². The quantitative estimate of drug-likeness (QED) is 0.501. The second-order valence-electron chi connectivity index (χ2n) is 10.9. The zero-order valence-electron chi connectivity index (χ0n) is 18.3. The van der Waals surface area contributed by atoms with Crippen molar-refractivity contribution < 1.29 is 23.1 Å². The number of fused-ring (bicyclic) bond motifs is 1. The molecule has 2 fully saturated rings. The van der Waals surface area contributed by atoms with Gasteiger partial charge in [0.25, 0.3) is 0 Å². The number of ether oxygens (including phenoxy) is 2. The first-order valence-electron chi connectivity index (χ1n) is 9.66. The fourth-order valence-corrected chi connectivity index (χ4v) is 5.20. The maximum atomic E-state index is 12.1. The van der Waals surface area contributed by atoms with Crippen LogP contribution in [0.4, 0.5) is 0 Å². The molecule has 7 heteroatoms. The average molecular weight is 403 g/mol. The van der Waals surface area contributed by atoms with E-state index in [0.717, 1.165) is 0 Å². The summed E-state index contributed by atoms with van der Waals surface area (Å²) in [5, 5.41) is 0.205. The van der Waals surface area contributed by atoms with Gasteiger partial charge in [-0.25, -0.2) is 0 Å². The third-order valence-corrected chi connectivity index (χ3v) is 15.8. The number of carbonyl (C=O) groups is 1. The van der Waals surface area contributed by atoms with E-state index in [-0.39, 0.29) is 34.7 Å². The molecule has 0 N–H and O–H groups in total. The Morgan fingerprint density at radius 1 is 1.04 bits per heavy atom. The molecule has 3 atom stereocenters. The van der Waals surface area contributed by atoms with Crippen LogP contribution in [0.3, 0.4) is 0 Å². The highest BCUT2D eigenvalue weighted by Crippen LogP contribution is 2.45. The summed E-state index contributed by atoms with van der Waals surface area (Å²) in [5.41, 5.74) is -0.695. The maximum absolute atomic E-state index is 12.1. The Morgan fingerprint density at radius 3 is 2.08 bits per heavy atom. The van der Waals surface area contributed by atoms with Gasteiger partial charge in [0.1, 0.15) is 11.7 Å². The lowest BCUT2D eigenvalue weighted by molar-refractivity contribution is -0.144. The molecule has 0 aromatic carbocycles. The van der Waals surface area contributed by atoms with Gasteiger partial charge in [-0.3, -0.25) is 4.79 Å². The molecule has 2 saturated heterocycles. The minimum Gasteiger partial charge on any atom is -0.456 e. The highest BCUT2D eigenvalue weighted by Gasteiger charge is 2.61. The molecule has 0 aromatic rings. The van der Waals surface area contributed by atoms with Crippen molar-refractivity contribution in [2.45, 2.75) is 102 Å². The average Bonchev–Trinajstić information content (AvgIpc) is 2.90. The Kier molecular flexibility index (Phi) is 5.68. The largest absolute Gasteiger partial charge is 0.456 e. The van der Waals surface area contributed by atoms with Crippen molar-refractivity contribution in [1.29, 1.82) is 0 Å². The fraction of sp³-hybridized carbons (Fsp3) is 0.947. The van der Waals surface area contributed by atoms with Crippen LogP contribution in [0, 0.1) is 0 Å². The first kappa shape index (κ1) is 22.1. The number of hydrogen-bond acceptors (Lipinski definition) is 5. The van der Waals surface area contributed by atoms with E-state index in [2.05, 4.69) is 67.7 Å². The van der Waals surface area contributed by atoms with Gasteiger partial charge >= 0.3 is 5.97 Å². The van der Waals surface area contributed by atoms with Crippen LogP contribution in [0.15, 0.2) is 0 Å². The molecule has 1 unspecified atom stereocenters. The smallest absolute Gasteiger partial charge is 0.309 e. The minimum atomic E-state index is -1.98. The lowest BCUT2D eigenvalue weighted by Gasteiger charge is -2.40. The van der Waals surface area contributed by atoms with Crippen LogP contribution in [0.1, 0.15) is 48.0 Å². The second-order valence-corrected chi connectivity index (χ2v) is 20.5. The summed E-state index contributed by atoms with van der Waals surface area (Å²) in [6, 6.07) is 0. The van der Waals surface area contributed by atoms with Crippen LogP contribution >= 0.6 is 0 Å². The van der Waals surface area contributed by atoms with Gasteiger partial charge in [0.2, 0.25) is 0 Å². The summed E-state index contributed by atoms with van der Waals surface area (Å²) >= 11 is 0. The van der Waals surface area contributed by atoms with Crippen LogP contribution < -0.4 is 0 Å². The van der Waals surface area contributed by atoms with Crippen LogP contribution in [0.5, 0.6) is 0 Å². The third-order valence-electron chi connectivity index (χ3n) is 6.83. The molecule has 0 aromatic heterocycles. The molecule has 0 bridgehead atoms. The van der Waals surface area contributed by atoms with Gasteiger partial charge in [-0.2, -0.15) is 0 Å². The van der Waals surface area contributed by atoms with E-state index < -0.39 is 22.2 Å². The van der Waals surface area contributed by atoms with Crippen molar-refractivity contribution in [1.82, 2.24) is 0 Å². The topological polar surface area (TPSA) is 54.0 Å². The van der Waals surface area contributed by atoms with Crippen molar-refractivity contribution in [3.63, 3.8) is 0 Å². The third kappa shape index (κ3) is 4.11. The van der Waals surface area contributed by atoms with Crippen molar-refractivity contribution in [3.05, 3.63) is 0 Å². The van der Waals surface area contributed by atoms with Gasteiger partial charge in [-0.1, -0.05) is 41.5 Å². The minimum absolute atomic E-state index is 0.0957. The molecule has 2 aliphatic heterocycles. The molecule has 2 heterocycles. The predicted molar refractivity (Wildman–Crippen MR) is 108 cm³/mol. The Bertz CT molecular complexity index is 547. The summed E-state index contributed by atoms with van der Waals surface area (Å²) < 4.78 is 24.8. The molecule has 152 valence electrons. The molecule has 26 heavy (non-hydrogen) atoms. The summed E-state index contributed by atoms with van der Waals surface area (Å²) in [5.74, 6) is -0.211. The molecule has 0 spiro atoms. The maximum Gasteiger partial charge on any atom is 0.309 e. The van der Waals surface area contributed by atoms with E-state index in [0.29, 0.717) is 13.2 Å². The molecule has 0 saturated carbocycles. The Morgan fingerprint density at radius 2 is 1.58 bits per heavy atom. The van der Waals surface area contributed by atoms with Crippen LogP contribution in [-0.4, -0.2) is 53.6 Å². The first-order chi connectivity index (χ1) is 11.5. The van der Waals surface area contributed by atoms with Crippen LogP contribution in [-0.2, 0) is 23.1 Å². The highest BCUT2D eigenvalue weighted by atomic mass is 28.4. The van der Waals surface area contributed by atoms with Crippen molar-refractivity contribution in [3.8, 4) is 0 Å². The van der Waals surface area contributed by atoms with E-state index in [1.165, 1.54) is 0 Å². The van der Waals surface area contributed by atoms with Crippen LogP contribution in [0.25, 0.3) is 0 Å². The zero-order chi connectivity index (χ0) is 20.2. The first-order valence-corrected chi connectivity index (χ1v) is 15.5. The van der Waals surface area contributed by atoms with E-state index in [9.17, 15) is 4.79 Å². The molecular formula is C19H38O5Si2.